The van der Waals surface area contributed by atoms with Crippen LogP contribution in [0.3, 0.4) is 0 Å². The lowest BCUT2D eigenvalue weighted by Gasteiger charge is -2.16. The first-order chi connectivity index (χ1) is 5.57. The SMILES string of the molecule is CCC[C@@H](C)C(F)CCC(C)C. The highest BCUT2D eigenvalue weighted by molar-refractivity contribution is 4.65. The fourth-order valence-electron chi connectivity index (χ4n) is 1.41. The summed E-state index contributed by atoms with van der Waals surface area (Å²) in [5.74, 6) is 0.894. The molecular formula is C11H23F. The number of hydrogen-bond donors (Lipinski definition) is 0. The summed E-state index contributed by atoms with van der Waals surface area (Å²) in [4.78, 5) is 0. The number of halogens is 1. The van der Waals surface area contributed by atoms with Crippen LogP contribution < -0.4 is 0 Å². The molecule has 0 heterocycles. The van der Waals surface area contributed by atoms with E-state index in [9.17, 15) is 4.39 Å². The Bertz CT molecular complexity index is 99.2. The van der Waals surface area contributed by atoms with Crippen molar-refractivity contribution >= 4 is 0 Å². The van der Waals surface area contributed by atoms with E-state index in [1.165, 1.54) is 0 Å². The highest BCUT2D eigenvalue weighted by atomic mass is 19.1. The Hall–Kier alpha value is -0.0700. The molecule has 1 heteroatoms. The Kier molecular flexibility index (Phi) is 6.41. The van der Waals surface area contributed by atoms with Crippen molar-refractivity contribution in [3.8, 4) is 0 Å². The van der Waals surface area contributed by atoms with Gasteiger partial charge in [0, 0.05) is 0 Å². The maximum Gasteiger partial charge on any atom is 0.103 e. The molecule has 0 aliphatic heterocycles. The molecule has 12 heavy (non-hydrogen) atoms. The van der Waals surface area contributed by atoms with Gasteiger partial charge in [-0.1, -0.05) is 34.1 Å². The van der Waals surface area contributed by atoms with Gasteiger partial charge in [0.2, 0.25) is 0 Å². The van der Waals surface area contributed by atoms with Crippen LogP contribution in [0, 0.1) is 11.8 Å². The Morgan fingerprint density at radius 3 is 2.00 bits per heavy atom. The summed E-state index contributed by atoms with van der Waals surface area (Å²) in [6.07, 6.45) is 3.32. The number of alkyl halides is 1. The van der Waals surface area contributed by atoms with Gasteiger partial charge in [0.25, 0.3) is 0 Å². The quantitative estimate of drug-likeness (QED) is 0.566. The van der Waals surface area contributed by atoms with Gasteiger partial charge in [0.15, 0.2) is 0 Å². The zero-order valence-corrected chi connectivity index (χ0v) is 8.94. The van der Waals surface area contributed by atoms with Gasteiger partial charge < -0.3 is 0 Å². The third kappa shape index (κ3) is 5.56. The van der Waals surface area contributed by atoms with Gasteiger partial charge in [-0.25, -0.2) is 4.39 Å². The maximum atomic E-state index is 13.3. The minimum Gasteiger partial charge on any atom is -0.247 e. The first-order valence-electron chi connectivity index (χ1n) is 5.22. The van der Waals surface area contributed by atoms with Gasteiger partial charge in [-0.3, -0.25) is 0 Å². The highest BCUT2D eigenvalue weighted by Crippen LogP contribution is 2.20. The molecule has 0 aliphatic carbocycles. The predicted molar refractivity (Wildman–Crippen MR) is 53.0 cm³/mol. The second kappa shape index (κ2) is 6.45. The molecule has 0 saturated carbocycles. The van der Waals surface area contributed by atoms with Gasteiger partial charge in [-0.05, 0) is 31.1 Å². The van der Waals surface area contributed by atoms with Crippen LogP contribution in [0.4, 0.5) is 4.39 Å². The van der Waals surface area contributed by atoms with E-state index in [-0.39, 0.29) is 5.92 Å². The van der Waals surface area contributed by atoms with Crippen LogP contribution in [0.5, 0.6) is 0 Å². The standard InChI is InChI=1S/C11H23F/c1-5-6-10(4)11(12)8-7-9(2)3/h9-11H,5-8H2,1-4H3/t10-,11?/m1/s1. The summed E-state index contributed by atoms with van der Waals surface area (Å²) in [5.41, 5.74) is 0. The van der Waals surface area contributed by atoms with Crippen LogP contribution in [-0.4, -0.2) is 6.17 Å². The zero-order chi connectivity index (χ0) is 9.56. The molecule has 0 amide bonds. The minimum absolute atomic E-state index is 0.258. The summed E-state index contributed by atoms with van der Waals surface area (Å²) in [5, 5.41) is 0. The minimum atomic E-state index is -0.577. The lowest BCUT2D eigenvalue weighted by molar-refractivity contribution is 0.206. The molecule has 0 aromatic heterocycles. The molecule has 0 radical (unpaired) electrons. The van der Waals surface area contributed by atoms with Crippen molar-refractivity contribution in [3.05, 3.63) is 0 Å². The summed E-state index contributed by atoms with van der Waals surface area (Å²) < 4.78 is 13.3. The van der Waals surface area contributed by atoms with Crippen LogP contribution in [0.1, 0.15) is 53.4 Å². The highest BCUT2D eigenvalue weighted by Gasteiger charge is 2.15. The predicted octanol–water partition coefficient (Wildman–Crippen LogP) is 4.20. The molecule has 0 fully saturated rings. The molecule has 0 spiro atoms. The second-order valence-corrected chi connectivity index (χ2v) is 4.25. The van der Waals surface area contributed by atoms with Crippen molar-refractivity contribution < 1.29 is 4.39 Å². The van der Waals surface area contributed by atoms with Crippen LogP contribution in [0.25, 0.3) is 0 Å². The molecule has 2 atom stereocenters. The monoisotopic (exact) mass is 174 g/mol. The van der Waals surface area contributed by atoms with Crippen molar-refractivity contribution in [2.75, 3.05) is 0 Å². The number of hydrogen-bond acceptors (Lipinski definition) is 0. The normalized spacial score (nSPS) is 16.5. The van der Waals surface area contributed by atoms with Crippen LogP contribution in [0.2, 0.25) is 0 Å². The van der Waals surface area contributed by atoms with Gasteiger partial charge >= 0.3 is 0 Å². The fraction of sp³-hybridized carbons (Fsp3) is 1.00. The van der Waals surface area contributed by atoms with Crippen LogP contribution in [0.15, 0.2) is 0 Å². The average molecular weight is 174 g/mol. The largest absolute Gasteiger partial charge is 0.247 e. The van der Waals surface area contributed by atoms with Crippen molar-refractivity contribution in [2.24, 2.45) is 11.8 Å². The van der Waals surface area contributed by atoms with E-state index in [0.29, 0.717) is 5.92 Å². The van der Waals surface area contributed by atoms with E-state index >= 15 is 0 Å². The van der Waals surface area contributed by atoms with Crippen LogP contribution in [-0.2, 0) is 0 Å². The van der Waals surface area contributed by atoms with Crippen molar-refractivity contribution in [3.63, 3.8) is 0 Å². The first kappa shape index (κ1) is 11.9. The van der Waals surface area contributed by atoms with E-state index in [4.69, 9.17) is 0 Å². The van der Waals surface area contributed by atoms with E-state index in [1.54, 1.807) is 0 Å². The van der Waals surface area contributed by atoms with E-state index in [1.807, 2.05) is 6.92 Å². The first-order valence-corrected chi connectivity index (χ1v) is 5.22. The summed E-state index contributed by atoms with van der Waals surface area (Å²) in [7, 11) is 0. The van der Waals surface area contributed by atoms with Gasteiger partial charge in [-0.15, -0.1) is 0 Å². The maximum absolute atomic E-state index is 13.3. The zero-order valence-electron chi connectivity index (χ0n) is 8.94. The van der Waals surface area contributed by atoms with Crippen LogP contribution >= 0.6 is 0 Å². The summed E-state index contributed by atoms with van der Waals surface area (Å²) >= 11 is 0. The molecule has 74 valence electrons. The molecule has 0 saturated heterocycles. The summed E-state index contributed by atoms with van der Waals surface area (Å²) in [6.45, 7) is 8.44. The lowest BCUT2D eigenvalue weighted by atomic mass is 9.94. The topological polar surface area (TPSA) is 0 Å². The molecule has 0 nitrogen and oxygen atoms in total. The van der Waals surface area contributed by atoms with E-state index in [0.717, 1.165) is 25.7 Å². The average Bonchev–Trinajstić information content (AvgIpc) is 2.00. The Morgan fingerprint density at radius 1 is 1.00 bits per heavy atom. The molecule has 0 aromatic rings. The molecule has 0 bridgehead atoms. The molecule has 0 aliphatic rings. The Labute approximate surface area is 76.6 Å². The Balaban J connectivity index is 3.49. The van der Waals surface area contributed by atoms with Gasteiger partial charge in [0.1, 0.15) is 6.17 Å². The van der Waals surface area contributed by atoms with Crippen molar-refractivity contribution in [1.82, 2.24) is 0 Å². The number of rotatable bonds is 6. The van der Waals surface area contributed by atoms with E-state index < -0.39 is 6.17 Å². The third-order valence-electron chi connectivity index (χ3n) is 2.38. The molecule has 0 rings (SSSR count). The van der Waals surface area contributed by atoms with Gasteiger partial charge in [-0.2, -0.15) is 0 Å². The molecule has 1 unspecified atom stereocenters. The molecule has 0 N–H and O–H groups in total. The van der Waals surface area contributed by atoms with Crippen molar-refractivity contribution in [2.45, 2.75) is 59.5 Å². The fourth-order valence-corrected chi connectivity index (χ4v) is 1.41. The Morgan fingerprint density at radius 2 is 1.58 bits per heavy atom. The van der Waals surface area contributed by atoms with Crippen molar-refractivity contribution in [1.29, 1.82) is 0 Å². The molecular weight excluding hydrogens is 151 g/mol. The van der Waals surface area contributed by atoms with E-state index in [2.05, 4.69) is 20.8 Å². The second-order valence-electron chi connectivity index (χ2n) is 4.25. The summed E-state index contributed by atoms with van der Waals surface area (Å²) in [6, 6.07) is 0. The molecule has 0 aromatic carbocycles. The smallest absolute Gasteiger partial charge is 0.103 e. The third-order valence-corrected chi connectivity index (χ3v) is 2.38. The van der Waals surface area contributed by atoms with Gasteiger partial charge in [0.05, 0.1) is 0 Å². The lowest BCUT2D eigenvalue weighted by Crippen LogP contribution is -2.13.